The van der Waals surface area contributed by atoms with Crippen LogP contribution in [0.4, 0.5) is 0 Å². The van der Waals surface area contributed by atoms with Gasteiger partial charge in [0.2, 0.25) is 0 Å². The van der Waals surface area contributed by atoms with Gasteiger partial charge in [0.05, 0.1) is 0 Å². The lowest BCUT2D eigenvalue weighted by molar-refractivity contribution is 0.474. The molecule has 0 saturated heterocycles. The average molecular weight is 276 g/mol. The van der Waals surface area contributed by atoms with Gasteiger partial charge in [-0.15, -0.1) is 0 Å². The molecule has 0 nitrogen and oxygen atoms in total. The molecule has 0 fully saturated rings. The van der Waals surface area contributed by atoms with Crippen LogP contribution in [-0.4, -0.2) is 0 Å². The number of benzene rings is 2. The highest BCUT2D eigenvalue weighted by Crippen LogP contribution is 2.30. The normalized spacial score (nSPS) is 20.8. The fourth-order valence-corrected chi connectivity index (χ4v) is 3.28. The second-order valence-electron chi connectivity index (χ2n) is 6.19. The zero-order valence-corrected chi connectivity index (χ0v) is 12.6. The van der Waals surface area contributed by atoms with Gasteiger partial charge in [0.1, 0.15) is 0 Å². The van der Waals surface area contributed by atoms with Gasteiger partial charge in [-0.05, 0) is 55.1 Å². The first-order valence-corrected chi connectivity index (χ1v) is 8.16. The second kappa shape index (κ2) is 7.26. The summed E-state index contributed by atoms with van der Waals surface area (Å²) >= 11 is 0. The van der Waals surface area contributed by atoms with Gasteiger partial charge in [-0.25, -0.2) is 0 Å². The third-order valence-corrected chi connectivity index (χ3v) is 4.55. The molecule has 0 bridgehead atoms. The summed E-state index contributed by atoms with van der Waals surface area (Å²) in [5, 5.41) is 0. The fraction of sp³-hybridized carbons (Fsp3) is 0.333. The van der Waals surface area contributed by atoms with Crippen molar-refractivity contribution < 1.29 is 0 Å². The van der Waals surface area contributed by atoms with Crippen LogP contribution in [0.1, 0.15) is 30.4 Å². The Bertz CT molecular complexity index is 502. The monoisotopic (exact) mass is 276 g/mol. The van der Waals surface area contributed by atoms with Crippen LogP contribution < -0.4 is 0 Å². The minimum Gasteiger partial charge on any atom is -0.0851 e. The van der Waals surface area contributed by atoms with E-state index >= 15 is 0 Å². The smallest absolute Gasteiger partial charge is 0.0225 e. The van der Waals surface area contributed by atoms with Gasteiger partial charge in [-0.2, -0.15) is 0 Å². The van der Waals surface area contributed by atoms with E-state index in [1.54, 1.807) is 0 Å². The standard InChI is InChI=1S/C21H24/c1-3-7-18(8-4-1)11-13-20-15-16-21(17-20)14-12-19-9-5-2-6-10-19/h1-10,15-16,20-21H,11-14,17H2. The predicted octanol–water partition coefficient (Wildman–Crippen LogP) is 5.44. The Morgan fingerprint density at radius 1 is 0.619 bits per heavy atom. The average Bonchev–Trinajstić information content (AvgIpc) is 3.01. The largest absolute Gasteiger partial charge is 0.0851 e. The zero-order chi connectivity index (χ0) is 14.3. The van der Waals surface area contributed by atoms with Gasteiger partial charge in [0.25, 0.3) is 0 Å². The van der Waals surface area contributed by atoms with E-state index in [4.69, 9.17) is 0 Å². The van der Waals surface area contributed by atoms with Gasteiger partial charge in [-0.1, -0.05) is 72.8 Å². The minimum absolute atomic E-state index is 0.783. The Balaban J connectivity index is 1.41. The number of aryl methyl sites for hydroxylation is 2. The highest BCUT2D eigenvalue weighted by Gasteiger charge is 2.18. The SMILES string of the molecule is C1=CC(CCc2ccccc2)CC1CCc1ccccc1. The lowest BCUT2D eigenvalue weighted by Crippen LogP contribution is -2.01. The molecule has 21 heavy (non-hydrogen) atoms. The second-order valence-corrected chi connectivity index (χ2v) is 6.19. The van der Waals surface area contributed by atoms with Crippen molar-refractivity contribution in [3.63, 3.8) is 0 Å². The van der Waals surface area contributed by atoms with E-state index in [-0.39, 0.29) is 0 Å². The first kappa shape index (κ1) is 14.1. The van der Waals surface area contributed by atoms with Crippen molar-refractivity contribution in [1.29, 1.82) is 0 Å². The van der Waals surface area contributed by atoms with Gasteiger partial charge in [-0.3, -0.25) is 0 Å². The maximum absolute atomic E-state index is 2.46. The Labute approximate surface area is 128 Å². The van der Waals surface area contributed by atoms with E-state index in [0.29, 0.717) is 0 Å². The summed E-state index contributed by atoms with van der Waals surface area (Å²) in [5.41, 5.74) is 2.94. The van der Waals surface area contributed by atoms with Crippen molar-refractivity contribution >= 4 is 0 Å². The molecule has 0 heteroatoms. The molecule has 2 aromatic rings. The molecule has 2 unspecified atom stereocenters. The molecular formula is C21H24. The van der Waals surface area contributed by atoms with Crippen molar-refractivity contribution in [2.45, 2.75) is 32.1 Å². The number of hydrogen-bond donors (Lipinski definition) is 0. The van der Waals surface area contributed by atoms with Crippen LogP contribution in [0.15, 0.2) is 72.8 Å². The summed E-state index contributed by atoms with van der Waals surface area (Å²) < 4.78 is 0. The van der Waals surface area contributed by atoms with Crippen LogP contribution in [0.2, 0.25) is 0 Å². The Morgan fingerprint density at radius 2 is 1.05 bits per heavy atom. The summed E-state index contributed by atoms with van der Waals surface area (Å²) in [5.74, 6) is 1.57. The highest BCUT2D eigenvalue weighted by molar-refractivity contribution is 5.16. The topological polar surface area (TPSA) is 0 Å². The minimum atomic E-state index is 0.783. The number of rotatable bonds is 6. The van der Waals surface area contributed by atoms with Gasteiger partial charge in [0, 0.05) is 0 Å². The summed E-state index contributed by atoms with van der Waals surface area (Å²) in [7, 11) is 0. The summed E-state index contributed by atoms with van der Waals surface area (Å²) in [6, 6.07) is 21.7. The first-order chi connectivity index (χ1) is 10.4. The van der Waals surface area contributed by atoms with Gasteiger partial charge in [0.15, 0.2) is 0 Å². The van der Waals surface area contributed by atoms with Crippen molar-refractivity contribution in [2.75, 3.05) is 0 Å². The van der Waals surface area contributed by atoms with E-state index in [0.717, 1.165) is 11.8 Å². The van der Waals surface area contributed by atoms with Crippen molar-refractivity contribution in [3.05, 3.63) is 83.9 Å². The lowest BCUT2D eigenvalue weighted by atomic mass is 9.93. The Hall–Kier alpha value is -1.82. The summed E-state index contributed by atoms with van der Waals surface area (Å²) in [4.78, 5) is 0. The molecular weight excluding hydrogens is 252 g/mol. The van der Waals surface area contributed by atoms with Crippen LogP contribution in [0.25, 0.3) is 0 Å². The Morgan fingerprint density at radius 3 is 1.48 bits per heavy atom. The molecule has 0 aliphatic heterocycles. The number of hydrogen-bond acceptors (Lipinski definition) is 0. The molecule has 2 atom stereocenters. The van der Waals surface area contributed by atoms with Crippen LogP contribution in [0.5, 0.6) is 0 Å². The molecule has 0 saturated carbocycles. The van der Waals surface area contributed by atoms with Crippen LogP contribution in [0.3, 0.4) is 0 Å². The molecule has 2 aromatic carbocycles. The zero-order valence-electron chi connectivity index (χ0n) is 12.6. The molecule has 0 amide bonds. The van der Waals surface area contributed by atoms with Crippen LogP contribution in [-0.2, 0) is 12.8 Å². The van der Waals surface area contributed by atoms with Crippen molar-refractivity contribution in [2.24, 2.45) is 11.8 Å². The third-order valence-electron chi connectivity index (χ3n) is 4.55. The predicted molar refractivity (Wildman–Crippen MR) is 90.3 cm³/mol. The van der Waals surface area contributed by atoms with Gasteiger partial charge < -0.3 is 0 Å². The van der Waals surface area contributed by atoms with Crippen LogP contribution in [0, 0.1) is 11.8 Å². The highest BCUT2D eigenvalue weighted by atomic mass is 14.2. The maximum atomic E-state index is 2.46. The van der Waals surface area contributed by atoms with E-state index in [1.165, 1.54) is 43.2 Å². The van der Waals surface area contributed by atoms with E-state index in [9.17, 15) is 0 Å². The maximum Gasteiger partial charge on any atom is -0.0225 e. The summed E-state index contributed by atoms with van der Waals surface area (Å²) in [6.07, 6.45) is 11.3. The molecule has 0 spiro atoms. The van der Waals surface area contributed by atoms with E-state index < -0.39 is 0 Å². The lowest BCUT2D eigenvalue weighted by Gasteiger charge is -2.12. The number of allylic oxidation sites excluding steroid dienone is 2. The molecule has 0 radical (unpaired) electrons. The van der Waals surface area contributed by atoms with E-state index in [2.05, 4.69) is 72.8 Å². The Kier molecular flexibility index (Phi) is 4.89. The summed E-state index contributed by atoms with van der Waals surface area (Å²) in [6.45, 7) is 0. The molecule has 0 heterocycles. The van der Waals surface area contributed by atoms with Gasteiger partial charge >= 0.3 is 0 Å². The molecule has 108 valence electrons. The van der Waals surface area contributed by atoms with Crippen LogP contribution >= 0.6 is 0 Å². The molecule has 3 rings (SSSR count). The third kappa shape index (κ3) is 4.32. The quantitative estimate of drug-likeness (QED) is 0.616. The molecule has 1 aliphatic carbocycles. The molecule has 0 N–H and O–H groups in total. The molecule has 1 aliphatic rings. The first-order valence-electron chi connectivity index (χ1n) is 8.16. The van der Waals surface area contributed by atoms with Crippen molar-refractivity contribution in [3.8, 4) is 0 Å². The van der Waals surface area contributed by atoms with E-state index in [1.807, 2.05) is 0 Å². The molecule has 0 aromatic heterocycles. The van der Waals surface area contributed by atoms with Crippen molar-refractivity contribution in [1.82, 2.24) is 0 Å². The fourth-order valence-electron chi connectivity index (χ4n) is 3.28.